The molecule has 1 aromatic heterocycles. The van der Waals surface area contributed by atoms with Gasteiger partial charge in [0.05, 0.1) is 11.1 Å². The van der Waals surface area contributed by atoms with Gasteiger partial charge in [0.15, 0.2) is 0 Å². The van der Waals surface area contributed by atoms with E-state index in [0.29, 0.717) is 38.0 Å². The molecule has 3 rings (SSSR count). The van der Waals surface area contributed by atoms with Crippen molar-refractivity contribution in [3.63, 3.8) is 0 Å². The van der Waals surface area contributed by atoms with Crippen LogP contribution in [-0.2, 0) is 21.9 Å². The number of allylic oxidation sites excluding steroid dienone is 1. The highest BCUT2D eigenvalue weighted by atomic mass is 32.2. The Morgan fingerprint density at radius 3 is 2.55 bits per heavy atom. The van der Waals surface area contributed by atoms with Crippen molar-refractivity contribution in [2.24, 2.45) is 12.5 Å². The number of amides is 1. The highest BCUT2D eigenvalue weighted by Crippen LogP contribution is 2.38. The monoisotopic (exact) mass is 324 g/mol. The molecule has 0 radical (unpaired) electrons. The van der Waals surface area contributed by atoms with Crippen molar-refractivity contribution >= 4 is 15.9 Å². The van der Waals surface area contributed by atoms with Gasteiger partial charge in [-0.05, 0) is 32.4 Å². The largest absolute Gasteiger partial charge is 0.333 e. The number of aromatic nitrogens is 2. The van der Waals surface area contributed by atoms with Crippen LogP contribution < -0.4 is 5.32 Å². The summed E-state index contributed by atoms with van der Waals surface area (Å²) in [6.07, 6.45) is 6.90. The molecule has 0 aromatic carbocycles. The first-order valence-electron chi connectivity index (χ1n) is 7.32. The molecule has 1 fully saturated rings. The molecule has 120 valence electrons. The Hall–Kier alpha value is -1.67. The molecule has 2 aliphatic heterocycles. The van der Waals surface area contributed by atoms with E-state index >= 15 is 0 Å². The minimum Gasteiger partial charge on any atom is -0.333 e. The summed E-state index contributed by atoms with van der Waals surface area (Å²) in [6, 6.07) is 0. The minimum absolute atomic E-state index is 0.00427. The van der Waals surface area contributed by atoms with Crippen LogP contribution in [0.1, 0.15) is 25.0 Å². The lowest BCUT2D eigenvalue weighted by molar-refractivity contribution is -0.132. The van der Waals surface area contributed by atoms with Gasteiger partial charge >= 0.3 is 0 Å². The molecule has 1 N–H and O–H groups in total. The fourth-order valence-corrected chi connectivity index (χ4v) is 4.86. The smallest absolute Gasteiger partial charge is 0.246 e. The van der Waals surface area contributed by atoms with Gasteiger partial charge in [-0.3, -0.25) is 9.48 Å². The lowest BCUT2D eigenvalue weighted by atomic mass is 9.74. The third-order valence-electron chi connectivity index (χ3n) is 4.59. The molecule has 0 aliphatic carbocycles. The Morgan fingerprint density at radius 2 is 2.00 bits per heavy atom. The van der Waals surface area contributed by atoms with E-state index in [2.05, 4.69) is 10.4 Å². The maximum absolute atomic E-state index is 12.7. The van der Waals surface area contributed by atoms with Crippen LogP contribution in [0.5, 0.6) is 0 Å². The molecule has 2 aliphatic rings. The molecular formula is C14H20N4O3S. The van der Waals surface area contributed by atoms with Crippen LogP contribution in [0, 0.1) is 12.3 Å². The van der Waals surface area contributed by atoms with Crippen LogP contribution in [-0.4, -0.2) is 41.5 Å². The molecule has 3 heterocycles. The van der Waals surface area contributed by atoms with Crippen molar-refractivity contribution in [1.29, 1.82) is 0 Å². The first-order chi connectivity index (χ1) is 10.3. The minimum atomic E-state index is -3.54. The summed E-state index contributed by atoms with van der Waals surface area (Å²) >= 11 is 0. The van der Waals surface area contributed by atoms with E-state index in [1.165, 1.54) is 15.2 Å². The number of piperidine rings is 1. The lowest BCUT2D eigenvalue weighted by Gasteiger charge is -2.40. The third kappa shape index (κ3) is 2.36. The van der Waals surface area contributed by atoms with Gasteiger partial charge in [-0.15, -0.1) is 0 Å². The van der Waals surface area contributed by atoms with Gasteiger partial charge in [-0.2, -0.15) is 9.40 Å². The van der Waals surface area contributed by atoms with E-state index in [4.69, 9.17) is 0 Å². The average molecular weight is 324 g/mol. The second-order valence-corrected chi connectivity index (χ2v) is 7.92. The molecule has 22 heavy (non-hydrogen) atoms. The summed E-state index contributed by atoms with van der Waals surface area (Å²) in [5.74, 6) is 0.00427. The van der Waals surface area contributed by atoms with E-state index in [9.17, 15) is 13.2 Å². The van der Waals surface area contributed by atoms with Gasteiger partial charge in [0.25, 0.3) is 0 Å². The normalized spacial score (nSPS) is 22.0. The summed E-state index contributed by atoms with van der Waals surface area (Å²) in [6.45, 7) is 2.41. The van der Waals surface area contributed by atoms with Crippen molar-refractivity contribution in [2.75, 3.05) is 13.1 Å². The van der Waals surface area contributed by atoms with Gasteiger partial charge in [-0.1, -0.05) is 6.08 Å². The maximum Gasteiger partial charge on any atom is 0.246 e. The first kappa shape index (κ1) is 15.2. The number of rotatable bonds is 2. The lowest BCUT2D eigenvalue weighted by Crippen LogP contribution is -2.50. The molecular weight excluding hydrogens is 304 g/mol. The SMILES string of the molecule is Cc1nn(C)cc1S(=O)(=O)N1CCC2(CC=CNC2=O)CC1. The van der Waals surface area contributed by atoms with Crippen molar-refractivity contribution < 1.29 is 13.2 Å². The van der Waals surface area contributed by atoms with Crippen LogP contribution in [0.2, 0.25) is 0 Å². The zero-order valence-electron chi connectivity index (χ0n) is 12.7. The molecule has 0 unspecified atom stereocenters. The highest BCUT2D eigenvalue weighted by molar-refractivity contribution is 7.89. The Balaban J connectivity index is 1.80. The Morgan fingerprint density at radius 1 is 1.32 bits per heavy atom. The van der Waals surface area contributed by atoms with Crippen molar-refractivity contribution in [2.45, 2.75) is 31.1 Å². The molecule has 1 saturated heterocycles. The number of sulfonamides is 1. The molecule has 1 amide bonds. The van der Waals surface area contributed by atoms with Crippen LogP contribution in [0.3, 0.4) is 0 Å². The van der Waals surface area contributed by atoms with Crippen LogP contribution >= 0.6 is 0 Å². The average Bonchev–Trinajstić information content (AvgIpc) is 2.82. The van der Waals surface area contributed by atoms with E-state index in [-0.39, 0.29) is 10.8 Å². The molecule has 8 heteroatoms. The van der Waals surface area contributed by atoms with Gasteiger partial charge < -0.3 is 5.32 Å². The van der Waals surface area contributed by atoms with Crippen LogP contribution in [0.15, 0.2) is 23.4 Å². The predicted molar refractivity (Wildman–Crippen MR) is 80.3 cm³/mol. The van der Waals surface area contributed by atoms with E-state index in [0.717, 1.165) is 0 Å². The number of hydrogen-bond donors (Lipinski definition) is 1. The zero-order chi connectivity index (χ0) is 16.0. The number of nitrogens with one attached hydrogen (secondary N) is 1. The summed E-state index contributed by atoms with van der Waals surface area (Å²) in [7, 11) is -1.84. The summed E-state index contributed by atoms with van der Waals surface area (Å²) in [4.78, 5) is 12.4. The second kappa shape index (κ2) is 5.20. The van der Waals surface area contributed by atoms with E-state index < -0.39 is 15.4 Å². The third-order valence-corrected chi connectivity index (χ3v) is 6.59. The van der Waals surface area contributed by atoms with Crippen LogP contribution in [0.25, 0.3) is 0 Å². The maximum atomic E-state index is 12.7. The van der Waals surface area contributed by atoms with E-state index in [1.807, 2.05) is 6.08 Å². The molecule has 0 bridgehead atoms. The zero-order valence-corrected chi connectivity index (χ0v) is 13.6. The van der Waals surface area contributed by atoms with Crippen LogP contribution in [0.4, 0.5) is 0 Å². The fourth-order valence-electron chi connectivity index (χ4n) is 3.22. The van der Waals surface area contributed by atoms with Crippen molar-refractivity contribution in [1.82, 2.24) is 19.4 Å². The summed E-state index contributed by atoms with van der Waals surface area (Å²) in [5.41, 5.74) is 0.0474. The standard InChI is InChI=1S/C14H20N4O3S/c1-11-12(10-17(2)16-11)22(20,21)18-8-5-14(6-9-18)4-3-7-15-13(14)19/h3,7,10H,4-6,8-9H2,1-2H3,(H,15,19). The summed E-state index contributed by atoms with van der Waals surface area (Å²) < 4.78 is 28.4. The summed E-state index contributed by atoms with van der Waals surface area (Å²) in [5, 5.41) is 6.84. The molecule has 7 nitrogen and oxygen atoms in total. The molecule has 0 saturated carbocycles. The van der Waals surface area contributed by atoms with Gasteiger partial charge in [0.1, 0.15) is 4.90 Å². The second-order valence-electron chi connectivity index (χ2n) is 6.02. The number of carbonyl (C=O) groups excluding carboxylic acids is 1. The Bertz CT molecular complexity index is 727. The van der Waals surface area contributed by atoms with Crippen molar-refractivity contribution in [3.8, 4) is 0 Å². The van der Waals surface area contributed by atoms with Crippen molar-refractivity contribution in [3.05, 3.63) is 24.2 Å². The molecule has 1 aromatic rings. The quantitative estimate of drug-likeness (QED) is 0.860. The Labute approximate surface area is 130 Å². The topological polar surface area (TPSA) is 84.3 Å². The molecule has 0 atom stereocenters. The van der Waals surface area contributed by atoms with Gasteiger partial charge in [0.2, 0.25) is 15.9 Å². The number of carbonyl (C=O) groups is 1. The van der Waals surface area contributed by atoms with E-state index in [1.54, 1.807) is 20.2 Å². The number of hydrogen-bond acceptors (Lipinski definition) is 4. The first-order valence-corrected chi connectivity index (χ1v) is 8.76. The predicted octanol–water partition coefficient (Wildman–Crippen LogP) is 0.533. The van der Waals surface area contributed by atoms with Gasteiger partial charge in [-0.25, -0.2) is 8.42 Å². The Kier molecular flexibility index (Phi) is 3.60. The van der Waals surface area contributed by atoms with Gasteiger partial charge in [0, 0.05) is 26.3 Å². The number of nitrogens with zero attached hydrogens (tertiary/aromatic N) is 3. The highest BCUT2D eigenvalue weighted by Gasteiger charge is 2.44. The fraction of sp³-hybridized carbons (Fsp3) is 0.571. The molecule has 1 spiro atoms. The number of aryl methyl sites for hydroxylation is 2.